The number of hydrogen-bond donors (Lipinski definition) is 4. The van der Waals surface area contributed by atoms with Gasteiger partial charge in [-0.05, 0) is 78.6 Å². The topological polar surface area (TPSA) is 164 Å². The minimum absolute atomic E-state index is 0.0233. The number of carbonyl (C=O) groups is 3. The number of phosphoric ester groups is 1. The van der Waals surface area contributed by atoms with E-state index in [-0.39, 0.29) is 30.5 Å². The Morgan fingerprint density at radius 2 is 1.42 bits per heavy atom. The molecule has 0 saturated heterocycles. The van der Waals surface area contributed by atoms with Gasteiger partial charge in [0.15, 0.2) is 0 Å². The standard InChI is InChI=1S/C37H50N3O9P/c1-8-29(21-36(42)48-27(7)47-35(41)19-28-11-16-32(17-12-28)49-50(44,45)46)30-13-18-34(40(22-24(2)3)23-25(4)5)33(20-30)39-37(43)38-31-14-9-26(6)10-15-31/h9-18,20,24-25,27,29H,8,19,21-23H2,1-7H3,(H2,38,39,43)(H2,44,45,46)/t27?,29-/m0/s1. The second-order valence-corrected chi connectivity index (χ2v) is 14.3. The summed E-state index contributed by atoms with van der Waals surface area (Å²) in [4.78, 5) is 58.8. The predicted octanol–water partition coefficient (Wildman–Crippen LogP) is 7.79. The molecule has 272 valence electrons. The highest BCUT2D eigenvalue weighted by atomic mass is 31.2. The van der Waals surface area contributed by atoms with Crippen molar-refractivity contribution in [2.24, 2.45) is 11.8 Å². The van der Waals surface area contributed by atoms with E-state index in [1.807, 2.05) is 56.3 Å². The van der Waals surface area contributed by atoms with Crippen LogP contribution in [0.1, 0.15) is 77.0 Å². The number of hydrogen-bond acceptors (Lipinski definition) is 8. The molecule has 0 spiro atoms. The number of nitrogens with one attached hydrogen (secondary N) is 2. The van der Waals surface area contributed by atoms with Crippen molar-refractivity contribution in [3.8, 4) is 5.75 Å². The van der Waals surface area contributed by atoms with E-state index >= 15 is 0 Å². The maximum absolute atomic E-state index is 13.2. The summed E-state index contributed by atoms with van der Waals surface area (Å²) in [5.74, 6) is -0.718. The van der Waals surface area contributed by atoms with Crippen molar-refractivity contribution < 1.29 is 42.7 Å². The molecular weight excluding hydrogens is 661 g/mol. The lowest BCUT2D eigenvalue weighted by Gasteiger charge is -2.31. The van der Waals surface area contributed by atoms with Gasteiger partial charge in [0.1, 0.15) is 5.75 Å². The number of aryl methyl sites for hydroxylation is 1. The third kappa shape index (κ3) is 13.9. The Kier molecular flexibility index (Phi) is 14.9. The number of carbonyl (C=O) groups excluding carboxylic acids is 3. The van der Waals surface area contributed by atoms with Crippen LogP contribution in [0.4, 0.5) is 21.9 Å². The van der Waals surface area contributed by atoms with Gasteiger partial charge in [0.2, 0.25) is 6.29 Å². The van der Waals surface area contributed by atoms with Crippen molar-refractivity contribution >= 4 is 42.9 Å². The zero-order chi connectivity index (χ0) is 37.0. The van der Waals surface area contributed by atoms with E-state index < -0.39 is 26.1 Å². The first-order valence-corrected chi connectivity index (χ1v) is 18.3. The van der Waals surface area contributed by atoms with Crippen molar-refractivity contribution in [3.05, 3.63) is 83.4 Å². The van der Waals surface area contributed by atoms with E-state index in [1.165, 1.54) is 31.2 Å². The number of anilines is 3. The van der Waals surface area contributed by atoms with Crippen LogP contribution in [0.5, 0.6) is 5.75 Å². The summed E-state index contributed by atoms with van der Waals surface area (Å²) in [5.41, 5.74) is 4.63. The third-order valence-electron chi connectivity index (χ3n) is 7.56. The lowest BCUT2D eigenvalue weighted by atomic mass is 9.92. The molecule has 0 bridgehead atoms. The Hall–Kier alpha value is -4.38. The van der Waals surface area contributed by atoms with E-state index in [2.05, 4.69) is 47.8 Å². The molecule has 0 aliphatic heterocycles. The molecule has 13 heteroatoms. The van der Waals surface area contributed by atoms with Gasteiger partial charge in [-0.2, -0.15) is 0 Å². The zero-order valence-corrected chi connectivity index (χ0v) is 30.7. The minimum Gasteiger partial charge on any atom is -0.425 e. The molecule has 4 N–H and O–H groups in total. The van der Waals surface area contributed by atoms with Gasteiger partial charge in [-0.25, -0.2) is 9.36 Å². The lowest BCUT2D eigenvalue weighted by Crippen LogP contribution is -2.32. The van der Waals surface area contributed by atoms with Gasteiger partial charge in [-0.1, -0.05) is 70.5 Å². The average Bonchev–Trinajstić information content (AvgIpc) is 3.00. The highest BCUT2D eigenvalue weighted by molar-refractivity contribution is 7.46. The number of urea groups is 1. The van der Waals surface area contributed by atoms with E-state index in [4.69, 9.17) is 19.3 Å². The summed E-state index contributed by atoms with van der Waals surface area (Å²) < 4.78 is 26.2. The van der Waals surface area contributed by atoms with Gasteiger partial charge < -0.3 is 29.5 Å². The maximum Gasteiger partial charge on any atom is 0.524 e. The fourth-order valence-corrected chi connectivity index (χ4v) is 5.81. The SMILES string of the molecule is CC[C@@H](CC(=O)OC(C)OC(=O)Cc1ccc(OP(=O)(O)O)cc1)c1ccc(N(CC(C)C)CC(C)C)c(NC(=O)Nc2ccc(C)cc2)c1. The molecule has 0 aliphatic carbocycles. The van der Waals surface area contributed by atoms with Crippen LogP contribution in [0.15, 0.2) is 66.7 Å². The Morgan fingerprint density at radius 1 is 0.820 bits per heavy atom. The minimum atomic E-state index is -4.69. The number of amides is 2. The normalized spacial score (nSPS) is 12.6. The van der Waals surface area contributed by atoms with Crippen LogP contribution in [0.25, 0.3) is 0 Å². The van der Waals surface area contributed by atoms with Gasteiger partial charge in [-0.3, -0.25) is 19.4 Å². The summed E-state index contributed by atoms with van der Waals surface area (Å²) in [5, 5.41) is 5.96. The smallest absolute Gasteiger partial charge is 0.425 e. The highest BCUT2D eigenvalue weighted by Gasteiger charge is 2.23. The molecule has 0 radical (unpaired) electrons. The second-order valence-electron chi connectivity index (χ2n) is 13.2. The first kappa shape index (κ1) is 40.1. The highest BCUT2D eigenvalue weighted by Crippen LogP contribution is 2.37. The maximum atomic E-state index is 13.2. The van der Waals surface area contributed by atoms with Gasteiger partial charge in [0.05, 0.1) is 24.2 Å². The van der Waals surface area contributed by atoms with Crippen LogP contribution >= 0.6 is 7.82 Å². The number of nitrogens with zero attached hydrogens (tertiary/aromatic N) is 1. The number of benzene rings is 3. The molecule has 12 nitrogen and oxygen atoms in total. The molecular formula is C37H50N3O9P. The van der Waals surface area contributed by atoms with Gasteiger partial charge in [0, 0.05) is 25.7 Å². The van der Waals surface area contributed by atoms with E-state index in [0.29, 0.717) is 35.2 Å². The van der Waals surface area contributed by atoms with E-state index in [1.54, 1.807) is 0 Å². The zero-order valence-electron chi connectivity index (χ0n) is 29.8. The molecule has 0 fully saturated rings. The molecule has 2 amide bonds. The van der Waals surface area contributed by atoms with Crippen LogP contribution in [0.2, 0.25) is 0 Å². The first-order valence-electron chi connectivity index (χ1n) is 16.8. The molecule has 3 rings (SSSR count). The molecule has 0 saturated carbocycles. The third-order valence-corrected chi connectivity index (χ3v) is 8.01. The number of esters is 2. The van der Waals surface area contributed by atoms with Crippen molar-refractivity contribution in [2.75, 3.05) is 28.6 Å². The van der Waals surface area contributed by atoms with Crippen molar-refractivity contribution in [3.63, 3.8) is 0 Å². The van der Waals surface area contributed by atoms with Crippen molar-refractivity contribution in [1.29, 1.82) is 0 Å². The summed E-state index contributed by atoms with van der Waals surface area (Å²) in [6.45, 7) is 15.6. The monoisotopic (exact) mass is 711 g/mol. The van der Waals surface area contributed by atoms with Gasteiger partial charge in [-0.15, -0.1) is 0 Å². The fourth-order valence-electron chi connectivity index (χ4n) is 5.41. The Balaban J connectivity index is 1.71. The Morgan fingerprint density at radius 3 is 1.98 bits per heavy atom. The Labute approximate surface area is 294 Å². The molecule has 3 aromatic carbocycles. The lowest BCUT2D eigenvalue weighted by molar-refractivity contribution is -0.184. The second kappa shape index (κ2) is 18.6. The molecule has 1 unspecified atom stereocenters. The number of rotatable bonds is 17. The Bertz CT molecular complexity index is 1610. The van der Waals surface area contributed by atoms with Crippen LogP contribution in [-0.2, 0) is 30.0 Å². The predicted molar refractivity (Wildman–Crippen MR) is 194 cm³/mol. The van der Waals surface area contributed by atoms with Crippen LogP contribution < -0.4 is 20.1 Å². The van der Waals surface area contributed by atoms with Crippen LogP contribution in [-0.4, -0.2) is 47.1 Å². The summed E-state index contributed by atoms with van der Waals surface area (Å²) in [6, 6.07) is 18.6. The molecule has 2 atom stereocenters. The van der Waals surface area contributed by atoms with E-state index in [9.17, 15) is 18.9 Å². The van der Waals surface area contributed by atoms with Gasteiger partial charge >= 0.3 is 25.8 Å². The molecule has 0 aliphatic rings. The number of ether oxygens (including phenoxy) is 2. The molecule has 0 aromatic heterocycles. The average molecular weight is 712 g/mol. The largest absolute Gasteiger partial charge is 0.524 e. The summed E-state index contributed by atoms with van der Waals surface area (Å²) >= 11 is 0. The van der Waals surface area contributed by atoms with Crippen LogP contribution in [0, 0.1) is 18.8 Å². The molecule has 0 heterocycles. The van der Waals surface area contributed by atoms with Crippen molar-refractivity contribution in [1.82, 2.24) is 0 Å². The quantitative estimate of drug-likeness (QED) is 0.0617. The number of phosphoric acid groups is 1. The van der Waals surface area contributed by atoms with Crippen LogP contribution in [0.3, 0.4) is 0 Å². The molecule has 3 aromatic rings. The van der Waals surface area contributed by atoms with Gasteiger partial charge in [0.25, 0.3) is 0 Å². The summed E-state index contributed by atoms with van der Waals surface area (Å²) in [6.07, 6.45) is -0.661. The summed E-state index contributed by atoms with van der Waals surface area (Å²) in [7, 11) is -4.69. The molecule has 50 heavy (non-hydrogen) atoms. The van der Waals surface area contributed by atoms with Crippen molar-refractivity contribution in [2.45, 2.75) is 79.9 Å². The van der Waals surface area contributed by atoms with E-state index in [0.717, 1.165) is 29.9 Å². The fraction of sp³-hybridized carbons (Fsp3) is 0.432. The first-order chi connectivity index (χ1) is 23.5.